The number of hydrogen-bond acceptors (Lipinski definition) is 3. The van der Waals surface area contributed by atoms with Crippen molar-refractivity contribution in [2.75, 3.05) is 10.6 Å². The molecule has 0 saturated carbocycles. The topological polar surface area (TPSA) is 54.0 Å². The van der Waals surface area contributed by atoms with Gasteiger partial charge in [0.2, 0.25) is 0 Å². The predicted octanol–water partition coefficient (Wildman–Crippen LogP) is 5.35. The van der Waals surface area contributed by atoms with Crippen LogP contribution in [0.25, 0.3) is 0 Å². The number of aromatic nitrogens is 1. The van der Waals surface area contributed by atoms with Crippen molar-refractivity contribution >= 4 is 34.7 Å². The van der Waals surface area contributed by atoms with Crippen LogP contribution >= 0.6 is 11.6 Å². The van der Waals surface area contributed by atoms with Gasteiger partial charge in [0, 0.05) is 16.3 Å². The van der Waals surface area contributed by atoms with Gasteiger partial charge in [0.15, 0.2) is 0 Å². The zero-order chi connectivity index (χ0) is 17.8. The molecule has 3 aromatic rings. The monoisotopic (exact) mass is 351 g/mol. The average molecular weight is 352 g/mol. The third-order valence-corrected chi connectivity index (χ3v) is 4.21. The second-order valence-corrected chi connectivity index (χ2v) is 6.21. The van der Waals surface area contributed by atoms with E-state index in [4.69, 9.17) is 11.6 Å². The van der Waals surface area contributed by atoms with Crippen molar-refractivity contribution in [3.63, 3.8) is 0 Å². The van der Waals surface area contributed by atoms with Crippen molar-refractivity contribution in [2.24, 2.45) is 0 Å². The first-order valence-electron chi connectivity index (χ1n) is 7.89. The Morgan fingerprint density at radius 2 is 1.84 bits per heavy atom. The smallest absolute Gasteiger partial charge is 0.255 e. The summed E-state index contributed by atoms with van der Waals surface area (Å²) in [5.41, 5.74) is 4.54. The highest BCUT2D eigenvalue weighted by atomic mass is 35.5. The number of carbonyl (C=O) groups is 1. The fourth-order valence-corrected chi connectivity index (χ4v) is 2.59. The summed E-state index contributed by atoms with van der Waals surface area (Å²) in [6, 6.07) is 16.5. The van der Waals surface area contributed by atoms with Crippen LogP contribution in [0, 0.1) is 13.8 Å². The van der Waals surface area contributed by atoms with Crippen molar-refractivity contribution in [2.45, 2.75) is 13.8 Å². The van der Waals surface area contributed by atoms with Crippen LogP contribution in [-0.4, -0.2) is 10.9 Å². The summed E-state index contributed by atoms with van der Waals surface area (Å²) in [6.45, 7) is 4.14. The third kappa shape index (κ3) is 4.17. The van der Waals surface area contributed by atoms with E-state index in [0.29, 0.717) is 16.3 Å². The molecule has 0 aliphatic carbocycles. The van der Waals surface area contributed by atoms with E-state index in [1.165, 1.54) is 11.1 Å². The average Bonchev–Trinajstić information content (AvgIpc) is 2.60. The van der Waals surface area contributed by atoms with Crippen molar-refractivity contribution < 1.29 is 4.79 Å². The lowest BCUT2D eigenvalue weighted by Crippen LogP contribution is -2.12. The van der Waals surface area contributed by atoms with Crippen LogP contribution < -0.4 is 10.6 Å². The molecule has 0 spiro atoms. The number of pyridine rings is 1. The van der Waals surface area contributed by atoms with Crippen LogP contribution in [0.3, 0.4) is 0 Å². The molecule has 4 nitrogen and oxygen atoms in total. The summed E-state index contributed by atoms with van der Waals surface area (Å²) in [6.07, 6.45) is 1.62. The standard InChI is InChI=1S/C20H18ClN3O/c1-13-5-3-8-18(14(13)2)24-19-10-9-17(12-22-19)23-20(25)15-6-4-7-16(21)11-15/h3-12H,1-2H3,(H,22,24)(H,23,25). The Morgan fingerprint density at radius 1 is 1.04 bits per heavy atom. The first kappa shape index (κ1) is 17.0. The zero-order valence-corrected chi connectivity index (χ0v) is 14.8. The minimum Gasteiger partial charge on any atom is -0.340 e. The molecular formula is C20H18ClN3O. The molecule has 0 bridgehead atoms. The molecule has 0 saturated heterocycles. The van der Waals surface area contributed by atoms with E-state index in [1.807, 2.05) is 24.3 Å². The van der Waals surface area contributed by atoms with E-state index in [9.17, 15) is 4.79 Å². The molecule has 3 rings (SSSR count). The Hall–Kier alpha value is -2.85. The number of aryl methyl sites for hydroxylation is 1. The quantitative estimate of drug-likeness (QED) is 0.666. The van der Waals surface area contributed by atoms with E-state index in [0.717, 1.165) is 11.5 Å². The highest BCUT2D eigenvalue weighted by Crippen LogP contribution is 2.22. The molecular weight excluding hydrogens is 334 g/mol. The van der Waals surface area contributed by atoms with Gasteiger partial charge in [0.1, 0.15) is 5.82 Å². The van der Waals surface area contributed by atoms with E-state index in [-0.39, 0.29) is 5.91 Å². The number of nitrogens with zero attached hydrogens (tertiary/aromatic N) is 1. The first-order chi connectivity index (χ1) is 12.0. The molecule has 25 heavy (non-hydrogen) atoms. The van der Waals surface area contributed by atoms with E-state index in [1.54, 1.807) is 30.5 Å². The number of benzene rings is 2. The van der Waals surface area contributed by atoms with Crippen molar-refractivity contribution in [1.29, 1.82) is 0 Å². The van der Waals surface area contributed by atoms with Crippen LogP contribution in [0.4, 0.5) is 17.2 Å². The normalized spacial score (nSPS) is 10.4. The van der Waals surface area contributed by atoms with Crippen molar-refractivity contribution in [3.8, 4) is 0 Å². The lowest BCUT2D eigenvalue weighted by Gasteiger charge is -2.11. The second-order valence-electron chi connectivity index (χ2n) is 5.77. The van der Waals surface area contributed by atoms with Crippen molar-refractivity contribution in [1.82, 2.24) is 4.98 Å². The molecule has 0 fully saturated rings. The lowest BCUT2D eigenvalue weighted by atomic mass is 10.1. The second kappa shape index (κ2) is 7.36. The van der Waals surface area contributed by atoms with Gasteiger partial charge in [-0.3, -0.25) is 4.79 Å². The summed E-state index contributed by atoms with van der Waals surface area (Å²) < 4.78 is 0. The number of halogens is 1. The Bertz CT molecular complexity index is 907. The minimum atomic E-state index is -0.223. The van der Waals surface area contributed by atoms with E-state index < -0.39 is 0 Å². The maximum absolute atomic E-state index is 12.2. The molecule has 1 heterocycles. The van der Waals surface area contributed by atoms with Crippen LogP contribution in [0.15, 0.2) is 60.8 Å². The number of anilines is 3. The highest BCUT2D eigenvalue weighted by Gasteiger charge is 2.07. The number of rotatable bonds is 4. The van der Waals surface area contributed by atoms with Gasteiger partial charge >= 0.3 is 0 Å². The van der Waals surface area contributed by atoms with E-state index in [2.05, 4.69) is 35.5 Å². The van der Waals surface area contributed by atoms with Gasteiger partial charge in [-0.15, -0.1) is 0 Å². The summed E-state index contributed by atoms with van der Waals surface area (Å²) in [5.74, 6) is 0.494. The van der Waals surface area contributed by atoms with Crippen molar-refractivity contribution in [3.05, 3.63) is 82.5 Å². The molecule has 126 valence electrons. The molecule has 5 heteroatoms. The fourth-order valence-electron chi connectivity index (χ4n) is 2.40. The minimum absolute atomic E-state index is 0.223. The first-order valence-corrected chi connectivity index (χ1v) is 8.27. The van der Waals surface area contributed by atoms with Crippen LogP contribution in [-0.2, 0) is 0 Å². The van der Waals surface area contributed by atoms with Gasteiger partial charge in [0.05, 0.1) is 11.9 Å². The molecule has 0 aliphatic rings. The Labute approximate surface area is 151 Å². The van der Waals surface area contributed by atoms with Gasteiger partial charge in [-0.2, -0.15) is 0 Å². The molecule has 2 aromatic carbocycles. The van der Waals surface area contributed by atoms with Crippen LogP contribution in [0.1, 0.15) is 21.5 Å². The van der Waals surface area contributed by atoms with Gasteiger partial charge in [0.25, 0.3) is 5.91 Å². The number of hydrogen-bond donors (Lipinski definition) is 2. The number of amides is 1. The van der Waals surface area contributed by atoms with E-state index >= 15 is 0 Å². The number of carbonyl (C=O) groups excluding carboxylic acids is 1. The van der Waals surface area contributed by atoms with Gasteiger partial charge in [-0.1, -0.05) is 29.8 Å². The van der Waals surface area contributed by atoms with Gasteiger partial charge in [-0.05, 0) is 61.4 Å². The van der Waals surface area contributed by atoms with Crippen LogP contribution in [0.5, 0.6) is 0 Å². The Morgan fingerprint density at radius 3 is 2.56 bits per heavy atom. The van der Waals surface area contributed by atoms with Crippen LogP contribution in [0.2, 0.25) is 5.02 Å². The molecule has 0 unspecified atom stereocenters. The summed E-state index contributed by atoms with van der Waals surface area (Å²) in [4.78, 5) is 16.6. The molecule has 0 radical (unpaired) electrons. The third-order valence-electron chi connectivity index (χ3n) is 3.98. The molecule has 1 amide bonds. The Kier molecular flexibility index (Phi) is 5.00. The summed E-state index contributed by atoms with van der Waals surface area (Å²) in [5, 5.41) is 6.63. The van der Waals surface area contributed by atoms with Gasteiger partial charge in [-0.25, -0.2) is 4.98 Å². The SMILES string of the molecule is Cc1cccc(Nc2ccc(NC(=O)c3cccc(Cl)c3)cn2)c1C. The maximum Gasteiger partial charge on any atom is 0.255 e. The molecule has 1 aromatic heterocycles. The lowest BCUT2D eigenvalue weighted by molar-refractivity contribution is 0.102. The molecule has 0 aliphatic heterocycles. The fraction of sp³-hybridized carbons (Fsp3) is 0.100. The summed E-state index contributed by atoms with van der Waals surface area (Å²) >= 11 is 5.91. The summed E-state index contributed by atoms with van der Waals surface area (Å²) in [7, 11) is 0. The number of nitrogens with one attached hydrogen (secondary N) is 2. The Balaban J connectivity index is 1.70. The largest absolute Gasteiger partial charge is 0.340 e. The van der Waals surface area contributed by atoms with Gasteiger partial charge < -0.3 is 10.6 Å². The molecule has 0 atom stereocenters. The highest BCUT2D eigenvalue weighted by molar-refractivity contribution is 6.31. The predicted molar refractivity (Wildman–Crippen MR) is 103 cm³/mol. The molecule has 2 N–H and O–H groups in total. The maximum atomic E-state index is 12.2. The zero-order valence-electron chi connectivity index (χ0n) is 14.0.